The highest BCUT2D eigenvalue weighted by atomic mass is 16.4. The summed E-state index contributed by atoms with van der Waals surface area (Å²) in [5.74, 6) is -5.26. The Kier molecular flexibility index (Phi) is 12.4. The third-order valence-corrected chi connectivity index (χ3v) is 4.39. The van der Waals surface area contributed by atoms with Gasteiger partial charge in [0, 0.05) is 6.42 Å². The van der Waals surface area contributed by atoms with Crippen LogP contribution in [0.15, 0.2) is 0 Å². The Bertz CT molecular complexity index is 653. The molecule has 0 aliphatic rings. The van der Waals surface area contributed by atoms with Gasteiger partial charge in [0.1, 0.15) is 18.1 Å². The summed E-state index contributed by atoms with van der Waals surface area (Å²) in [6, 6.07) is -4.90. The van der Waals surface area contributed by atoms with Crippen LogP contribution >= 0.6 is 0 Å². The second-order valence-electron chi connectivity index (χ2n) is 8.04. The predicted molar refractivity (Wildman–Crippen MR) is 110 cm³/mol. The summed E-state index contributed by atoms with van der Waals surface area (Å²) in [5.41, 5.74) is 5.82. The largest absolute Gasteiger partial charge is 0.481 e. The van der Waals surface area contributed by atoms with Gasteiger partial charge in [-0.2, -0.15) is 0 Å². The summed E-state index contributed by atoms with van der Waals surface area (Å²) in [6.45, 7) is 6.09. The van der Waals surface area contributed by atoms with Crippen molar-refractivity contribution in [3.8, 4) is 0 Å². The van der Waals surface area contributed by atoms with Gasteiger partial charge in [0.25, 0.3) is 0 Å². The molecule has 0 rings (SSSR count). The van der Waals surface area contributed by atoms with Crippen molar-refractivity contribution in [1.82, 2.24) is 16.0 Å². The van der Waals surface area contributed by atoms with Crippen molar-refractivity contribution < 1.29 is 39.3 Å². The number of hydrogen-bond acceptors (Lipinski definition) is 7. The van der Waals surface area contributed by atoms with E-state index in [4.69, 9.17) is 21.1 Å². The number of carboxylic acids is 2. The molecule has 0 bridgehead atoms. The average molecular weight is 447 g/mol. The smallest absolute Gasteiger partial charge is 0.328 e. The van der Waals surface area contributed by atoms with Crippen LogP contribution in [0.1, 0.15) is 47.0 Å². The van der Waals surface area contributed by atoms with Gasteiger partial charge in [0.2, 0.25) is 17.7 Å². The highest BCUT2D eigenvalue weighted by molar-refractivity contribution is 5.94. The summed E-state index contributed by atoms with van der Waals surface area (Å²) in [6.07, 6.45) is -0.294. The zero-order valence-electron chi connectivity index (χ0n) is 18.3. The lowest BCUT2D eigenvalue weighted by atomic mass is 10.0. The number of carbonyl (C=O) groups is 5. The lowest BCUT2D eigenvalue weighted by Gasteiger charge is -2.26. The zero-order valence-corrected chi connectivity index (χ0v) is 18.3. The molecule has 0 saturated carbocycles. The van der Waals surface area contributed by atoms with Crippen LogP contribution in [0.2, 0.25) is 0 Å². The number of aliphatic carboxylic acids is 2. The van der Waals surface area contributed by atoms with Gasteiger partial charge in [0.05, 0.1) is 12.6 Å². The van der Waals surface area contributed by atoms with Crippen LogP contribution in [0, 0.1) is 11.8 Å². The first-order valence-corrected chi connectivity index (χ1v) is 10.0. The Hall–Kier alpha value is -2.73. The third-order valence-electron chi connectivity index (χ3n) is 4.39. The quantitative estimate of drug-likeness (QED) is 0.164. The molecule has 0 spiro atoms. The second-order valence-corrected chi connectivity index (χ2v) is 8.04. The van der Waals surface area contributed by atoms with Gasteiger partial charge in [-0.15, -0.1) is 0 Å². The number of amides is 3. The number of aliphatic hydroxyl groups is 1. The van der Waals surface area contributed by atoms with Crippen molar-refractivity contribution in [2.75, 3.05) is 6.61 Å². The number of nitrogens with two attached hydrogens (primary N) is 1. The Labute approximate surface area is 180 Å². The minimum atomic E-state index is -1.55. The maximum Gasteiger partial charge on any atom is 0.328 e. The van der Waals surface area contributed by atoms with E-state index in [1.807, 2.05) is 13.8 Å². The topological polar surface area (TPSA) is 208 Å². The van der Waals surface area contributed by atoms with Gasteiger partial charge in [-0.3, -0.25) is 19.2 Å². The second kappa shape index (κ2) is 13.5. The molecule has 178 valence electrons. The van der Waals surface area contributed by atoms with Crippen molar-refractivity contribution in [2.24, 2.45) is 17.6 Å². The van der Waals surface area contributed by atoms with Crippen LogP contribution < -0.4 is 21.7 Å². The van der Waals surface area contributed by atoms with Gasteiger partial charge in [-0.25, -0.2) is 4.79 Å². The molecule has 0 aromatic carbocycles. The van der Waals surface area contributed by atoms with Crippen LogP contribution in [-0.2, 0) is 24.0 Å². The Morgan fingerprint density at radius 1 is 0.839 bits per heavy atom. The number of nitrogens with one attached hydrogen (secondary N) is 3. The predicted octanol–water partition coefficient (Wildman–Crippen LogP) is -1.59. The van der Waals surface area contributed by atoms with E-state index in [0.717, 1.165) is 0 Å². The van der Waals surface area contributed by atoms with Crippen molar-refractivity contribution in [2.45, 2.75) is 71.1 Å². The van der Waals surface area contributed by atoms with E-state index < -0.39 is 72.8 Å². The maximum absolute atomic E-state index is 12.7. The molecule has 8 N–H and O–H groups in total. The van der Waals surface area contributed by atoms with Crippen LogP contribution in [0.4, 0.5) is 0 Å². The van der Waals surface area contributed by atoms with Crippen molar-refractivity contribution >= 4 is 29.7 Å². The molecule has 0 aliphatic heterocycles. The first kappa shape index (κ1) is 28.3. The molecule has 0 saturated heterocycles. The molecular weight excluding hydrogens is 412 g/mol. The first-order valence-electron chi connectivity index (χ1n) is 10.0. The molecule has 3 amide bonds. The van der Waals surface area contributed by atoms with Gasteiger partial charge in [-0.1, -0.05) is 27.7 Å². The number of hydrogen-bond donors (Lipinski definition) is 7. The fourth-order valence-electron chi connectivity index (χ4n) is 2.67. The zero-order chi connectivity index (χ0) is 24.3. The third kappa shape index (κ3) is 10.7. The van der Waals surface area contributed by atoms with Gasteiger partial charge in [-0.05, 0) is 24.7 Å². The molecule has 12 nitrogen and oxygen atoms in total. The molecule has 0 heterocycles. The standard InChI is InChI=1S/C19H34N4O8/c1-9(2)7-11(20)16(27)21-12(5-6-14(25)26)17(28)23-15(10(3)4)18(29)22-13(8-24)19(30)31/h9-13,15,24H,5-8,20H2,1-4H3,(H,21,27)(H,22,29)(H,23,28)(H,25,26)(H,30,31). The van der Waals surface area contributed by atoms with E-state index in [1.54, 1.807) is 13.8 Å². The molecule has 0 aromatic rings. The van der Waals surface area contributed by atoms with E-state index in [0.29, 0.717) is 6.42 Å². The normalized spacial score (nSPS) is 15.0. The number of carboxylic acid groups (broad SMARTS) is 2. The van der Waals surface area contributed by atoms with E-state index in [1.165, 1.54) is 0 Å². The van der Waals surface area contributed by atoms with E-state index in [-0.39, 0.29) is 12.3 Å². The van der Waals surface area contributed by atoms with Crippen molar-refractivity contribution in [3.05, 3.63) is 0 Å². The highest BCUT2D eigenvalue weighted by Gasteiger charge is 2.32. The summed E-state index contributed by atoms with van der Waals surface area (Å²) in [5, 5.41) is 33.9. The van der Waals surface area contributed by atoms with Crippen LogP contribution in [-0.4, -0.2) is 75.8 Å². The fraction of sp³-hybridized carbons (Fsp3) is 0.737. The lowest BCUT2D eigenvalue weighted by Crippen LogP contribution is -2.58. The van der Waals surface area contributed by atoms with Gasteiger partial charge < -0.3 is 37.0 Å². The molecular formula is C19H34N4O8. The summed E-state index contributed by atoms with van der Waals surface area (Å²) < 4.78 is 0. The summed E-state index contributed by atoms with van der Waals surface area (Å²) in [7, 11) is 0. The Balaban J connectivity index is 5.40. The summed E-state index contributed by atoms with van der Waals surface area (Å²) >= 11 is 0. The molecule has 4 unspecified atom stereocenters. The lowest BCUT2D eigenvalue weighted by molar-refractivity contribution is -0.143. The van der Waals surface area contributed by atoms with Crippen LogP contribution in [0.3, 0.4) is 0 Å². The molecule has 31 heavy (non-hydrogen) atoms. The van der Waals surface area contributed by atoms with Crippen LogP contribution in [0.25, 0.3) is 0 Å². The fourth-order valence-corrected chi connectivity index (χ4v) is 2.67. The molecule has 0 aromatic heterocycles. The van der Waals surface area contributed by atoms with Gasteiger partial charge >= 0.3 is 11.9 Å². The highest BCUT2D eigenvalue weighted by Crippen LogP contribution is 2.07. The molecule has 12 heteroatoms. The monoisotopic (exact) mass is 446 g/mol. The number of carbonyl (C=O) groups excluding carboxylic acids is 3. The van der Waals surface area contributed by atoms with Gasteiger partial charge in [0.15, 0.2) is 0 Å². The number of aliphatic hydroxyl groups excluding tert-OH is 1. The number of rotatable bonds is 14. The van der Waals surface area contributed by atoms with Crippen LogP contribution in [0.5, 0.6) is 0 Å². The Morgan fingerprint density at radius 3 is 1.81 bits per heavy atom. The SMILES string of the molecule is CC(C)CC(N)C(=O)NC(CCC(=O)O)C(=O)NC(C(=O)NC(CO)C(=O)O)C(C)C. The first-order chi connectivity index (χ1) is 14.3. The van der Waals surface area contributed by atoms with Crippen molar-refractivity contribution in [1.29, 1.82) is 0 Å². The molecule has 0 fully saturated rings. The molecule has 0 radical (unpaired) electrons. The molecule has 0 aliphatic carbocycles. The minimum absolute atomic E-state index is 0.120. The van der Waals surface area contributed by atoms with E-state index in [9.17, 15) is 24.0 Å². The van der Waals surface area contributed by atoms with E-state index in [2.05, 4.69) is 16.0 Å². The maximum atomic E-state index is 12.7. The molecule has 4 atom stereocenters. The van der Waals surface area contributed by atoms with E-state index >= 15 is 0 Å². The van der Waals surface area contributed by atoms with Crippen molar-refractivity contribution in [3.63, 3.8) is 0 Å². The Morgan fingerprint density at radius 2 is 1.39 bits per heavy atom. The average Bonchev–Trinajstić information content (AvgIpc) is 2.65. The minimum Gasteiger partial charge on any atom is -0.481 e. The summed E-state index contributed by atoms with van der Waals surface area (Å²) in [4.78, 5) is 59.4.